The number of aliphatic hydroxyl groups is 1. The van der Waals surface area contributed by atoms with Crippen LogP contribution in [0.5, 0.6) is 0 Å². The van der Waals surface area contributed by atoms with Gasteiger partial charge in [-0.05, 0) is 28.1 Å². The summed E-state index contributed by atoms with van der Waals surface area (Å²) >= 11 is 5.20. The number of rotatable bonds is 7. The molecule has 0 radical (unpaired) electrons. The lowest BCUT2D eigenvalue weighted by atomic mass is 10.5. The maximum absolute atomic E-state index is 8.67. The second kappa shape index (κ2) is 6.96. The van der Waals surface area contributed by atoms with Gasteiger partial charge in [-0.1, -0.05) is 0 Å². The van der Waals surface area contributed by atoms with Gasteiger partial charge in [0.2, 0.25) is 0 Å². The summed E-state index contributed by atoms with van der Waals surface area (Å²) in [4.78, 5) is 8.65. The largest absolute Gasteiger partial charge is 0.396 e. The predicted molar refractivity (Wildman–Crippen MR) is 78.2 cm³/mol. The fourth-order valence-corrected chi connectivity index (χ4v) is 2.71. The van der Waals surface area contributed by atoms with Gasteiger partial charge in [0.1, 0.15) is 4.60 Å². The van der Waals surface area contributed by atoms with Crippen molar-refractivity contribution in [2.24, 2.45) is 0 Å². The minimum atomic E-state index is 0.266. The Morgan fingerprint density at radius 1 is 1.44 bits per heavy atom. The van der Waals surface area contributed by atoms with E-state index in [1.807, 2.05) is 28.6 Å². The number of imidazole rings is 1. The molecular weight excluding hydrogens is 316 g/mol. The summed E-state index contributed by atoms with van der Waals surface area (Å²) in [6.07, 6.45) is 6.38. The lowest BCUT2D eigenvalue weighted by Crippen LogP contribution is -2.08. The minimum Gasteiger partial charge on any atom is -0.396 e. The van der Waals surface area contributed by atoms with Crippen molar-refractivity contribution >= 4 is 39.2 Å². The zero-order chi connectivity index (χ0) is 12.8. The maximum Gasteiger partial charge on any atom is 0.180 e. The number of thioether (sulfide) groups is 1. The van der Waals surface area contributed by atoms with Gasteiger partial charge >= 0.3 is 0 Å². The summed E-state index contributed by atoms with van der Waals surface area (Å²) in [6.45, 7) is 1.10. The molecule has 2 N–H and O–H groups in total. The molecule has 0 saturated carbocycles. The van der Waals surface area contributed by atoms with Gasteiger partial charge in [-0.2, -0.15) is 11.8 Å². The predicted octanol–water partition coefficient (Wildman–Crippen LogP) is 2.02. The van der Waals surface area contributed by atoms with Crippen LogP contribution in [0.3, 0.4) is 0 Å². The van der Waals surface area contributed by atoms with Gasteiger partial charge in [-0.3, -0.25) is 0 Å². The summed E-state index contributed by atoms with van der Waals surface area (Å²) < 4.78 is 2.71. The van der Waals surface area contributed by atoms with E-state index in [1.54, 1.807) is 6.20 Å². The lowest BCUT2D eigenvalue weighted by molar-refractivity contribution is 0.296. The van der Waals surface area contributed by atoms with E-state index in [1.165, 1.54) is 0 Å². The molecule has 0 fully saturated rings. The number of hydrogen-bond donors (Lipinski definition) is 2. The normalized spacial score (nSPS) is 11.0. The molecule has 7 heteroatoms. The first-order chi connectivity index (χ1) is 8.81. The highest BCUT2D eigenvalue weighted by molar-refractivity contribution is 9.10. The monoisotopic (exact) mass is 330 g/mol. The molecular formula is C11H15BrN4OS. The van der Waals surface area contributed by atoms with E-state index in [-0.39, 0.29) is 6.61 Å². The number of aromatic nitrogens is 3. The van der Waals surface area contributed by atoms with Crippen molar-refractivity contribution in [2.75, 3.05) is 30.0 Å². The Balaban J connectivity index is 1.89. The molecule has 0 aromatic carbocycles. The smallest absolute Gasteiger partial charge is 0.180 e. The summed E-state index contributed by atoms with van der Waals surface area (Å²) in [5, 5.41) is 12.0. The lowest BCUT2D eigenvalue weighted by Gasteiger charge is -2.07. The maximum atomic E-state index is 8.67. The van der Waals surface area contributed by atoms with E-state index in [0.29, 0.717) is 0 Å². The molecule has 0 amide bonds. The summed E-state index contributed by atoms with van der Waals surface area (Å²) in [6, 6.07) is 0. The Kier molecular flexibility index (Phi) is 5.27. The third-order valence-electron chi connectivity index (χ3n) is 2.33. The Bertz CT molecular complexity index is 505. The first-order valence-electron chi connectivity index (χ1n) is 5.73. The van der Waals surface area contributed by atoms with Crippen LogP contribution in [-0.2, 0) is 0 Å². The van der Waals surface area contributed by atoms with Crippen molar-refractivity contribution in [2.45, 2.75) is 6.42 Å². The molecule has 0 aliphatic rings. The Morgan fingerprint density at radius 2 is 2.33 bits per heavy atom. The van der Waals surface area contributed by atoms with E-state index in [2.05, 4.69) is 31.2 Å². The summed E-state index contributed by atoms with van der Waals surface area (Å²) in [5.74, 6) is 2.77. The average Bonchev–Trinajstić information content (AvgIpc) is 2.81. The van der Waals surface area contributed by atoms with Crippen LogP contribution >= 0.6 is 27.7 Å². The van der Waals surface area contributed by atoms with E-state index in [9.17, 15) is 0 Å². The number of anilines is 1. The molecule has 2 aromatic heterocycles. The number of nitrogens with one attached hydrogen (secondary N) is 1. The van der Waals surface area contributed by atoms with Crippen LogP contribution in [0.15, 0.2) is 23.2 Å². The Hall–Kier alpha value is -0.790. The SMILES string of the molecule is OCCCSCCNc1nc(Br)cn2ccnc12. The fourth-order valence-electron chi connectivity index (χ4n) is 1.53. The van der Waals surface area contributed by atoms with E-state index >= 15 is 0 Å². The van der Waals surface area contributed by atoms with E-state index in [4.69, 9.17) is 5.11 Å². The Labute approximate surface area is 118 Å². The van der Waals surface area contributed by atoms with Gasteiger partial charge in [-0.25, -0.2) is 9.97 Å². The zero-order valence-corrected chi connectivity index (χ0v) is 12.2. The second-order valence-electron chi connectivity index (χ2n) is 3.69. The minimum absolute atomic E-state index is 0.266. The van der Waals surface area contributed by atoms with Crippen LogP contribution in [0.4, 0.5) is 5.82 Å². The molecule has 0 bridgehead atoms. The topological polar surface area (TPSA) is 62.5 Å². The van der Waals surface area contributed by atoms with Gasteiger partial charge in [0.15, 0.2) is 11.5 Å². The first kappa shape index (κ1) is 13.6. The second-order valence-corrected chi connectivity index (χ2v) is 5.72. The summed E-state index contributed by atoms with van der Waals surface area (Å²) in [7, 11) is 0. The van der Waals surface area contributed by atoms with Gasteiger partial charge in [0.05, 0.1) is 0 Å². The molecule has 0 spiro atoms. The Morgan fingerprint density at radius 3 is 3.17 bits per heavy atom. The van der Waals surface area contributed by atoms with Gasteiger partial charge < -0.3 is 14.8 Å². The highest BCUT2D eigenvalue weighted by atomic mass is 79.9. The quantitative estimate of drug-likeness (QED) is 0.760. The van der Waals surface area contributed by atoms with Crippen molar-refractivity contribution in [1.82, 2.24) is 14.4 Å². The molecule has 0 unspecified atom stereocenters. The van der Waals surface area contributed by atoms with Crippen molar-refractivity contribution in [1.29, 1.82) is 0 Å². The standard InChI is InChI=1S/C11H15BrN4OS/c12-9-8-16-4-2-14-11(16)10(15-9)13-3-7-18-6-1-5-17/h2,4,8,17H,1,3,5-7H2,(H,13,15). The molecule has 0 aliphatic heterocycles. The first-order valence-corrected chi connectivity index (χ1v) is 7.67. The van der Waals surface area contributed by atoms with E-state index < -0.39 is 0 Å². The third-order valence-corrected chi connectivity index (χ3v) is 3.78. The van der Waals surface area contributed by atoms with Crippen LogP contribution in [0.2, 0.25) is 0 Å². The van der Waals surface area contributed by atoms with Crippen LogP contribution in [0.25, 0.3) is 5.65 Å². The molecule has 98 valence electrons. The number of aliphatic hydroxyl groups excluding tert-OH is 1. The van der Waals surface area contributed by atoms with Crippen molar-refractivity contribution in [3.05, 3.63) is 23.2 Å². The molecule has 5 nitrogen and oxygen atoms in total. The molecule has 18 heavy (non-hydrogen) atoms. The molecule has 2 rings (SSSR count). The van der Waals surface area contributed by atoms with Crippen molar-refractivity contribution in [3.63, 3.8) is 0 Å². The molecule has 0 saturated heterocycles. The van der Waals surface area contributed by atoms with Crippen LogP contribution in [0.1, 0.15) is 6.42 Å². The molecule has 0 atom stereocenters. The average molecular weight is 331 g/mol. The van der Waals surface area contributed by atoms with Gasteiger partial charge in [-0.15, -0.1) is 0 Å². The number of halogens is 1. The van der Waals surface area contributed by atoms with Crippen LogP contribution in [-0.4, -0.2) is 44.1 Å². The fraction of sp³-hybridized carbons (Fsp3) is 0.455. The zero-order valence-electron chi connectivity index (χ0n) is 9.84. The molecule has 0 aliphatic carbocycles. The highest BCUT2D eigenvalue weighted by Crippen LogP contribution is 2.16. The summed E-state index contributed by atoms with van der Waals surface area (Å²) in [5.41, 5.74) is 0.832. The van der Waals surface area contributed by atoms with Crippen LogP contribution in [0, 0.1) is 0 Å². The van der Waals surface area contributed by atoms with Gasteiger partial charge in [0, 0.05) is 37.5 Å². The van der Waals surface area contributed by atoms with E-state index in [0.717, 1.165) is 40.5 Å². The third kappa shape index (κ3) is 3.60. The number of nitrogens with zero attached hydrogens (tertiary/aromatic N) is 3. The highest BCUT2D eigenvalue weighted by Gasteiger charge is 2.05. The molecule has 2 heterocycles. The van der Waals surface area contributed by atoms with Crippen LogP contribution < -0.4 is 5.32 Å². The number of hydrogen-bond acceptors (Lipinski definition) is 5. The molecule has 2 aromatic rings. The van der Waals surface area contributed by atoms with Crippen molar-refractivity contribution in [3.8, 4) is 0 Å². The van der Waals surface area contributed by atoms with Gasteiger partial charge in [0.25, 0.3) is 0 Å². The number of fused-ring (bicyclic) bond motifs is 1. The van der Waals surface area contributed by atoms with Crippen molar-refractivity contribution < 1.29 is 5.11 Å².